The fraction of sp³-hybridized carbons (Fsp3) is 0.750. The lowest BCUT2D eigenvalue weighted by Crippen LogP contribution is -2.52. The molecule has 1 saturated heterocycles. The monoisotopic (exact) mass is 442 g/mol. The molecule has 1 aromatic rings. The molecule has 0 amide bonds. The lowest BCUT2D eigenvalue weighted by atomic mass is 9.47. The fourth-order valence-electron chi connectivity index (χ4n) is 7.99. The molecule has 0 bridgehead atoms. The van der Waals surface area contributed by atoms with Crippen molar-refractivity contribution in [2.45, 2.75) is 58.8 Å². The average molecular weight is 443 g/mol. The van der Waals surface area contributed by atoms with Crippen LogP contribution in [-0.2, 0) is 10.0 Å². The number of fused-ring (bicyclic) bond motifs is 5. The summed E-state index contributed by atoms with van der Waals surface area (Å²) < 4.78 is 28.3. The van der Waals surface area contributed by atoms with Crippen molar-refractivity contribution in [3.8, 4) is 6.07 Å². The minimum absolute atomic E-state index is 0.0835. The van der Waals surface area contributed by atoms with E-state index in [1.54, 1.807) is 16.8 Å². The molecular weight excluding hydrogens is 408 g/mol. The van der Waals surface area contributed by atoms with Crippen molar-refractivity contribution in [1.29, 1.82) is 5.26 Å². The van der Waals surface area contributed by atoms with Crippen molar-refractivity contribution in [2.24, 2.45) is 34.5 Å². The van der Waals surface area contributed by atoms with Crippen molar-refractivity contribution in [3.63, 3.8) is 0 Å². The Hall–Kier alpha value is -1.65. The van der Waals surface area contributed by atoms with Crippen LogP contribution in [0.25, 0.3) is 5.70 Å². The molecule has 0 radical (unpaired) electrons. The Balaban J connectivity index is 1.43. The first-order chi connectivity index (χ1) is 14.7. The molecule has 31 heavy (non-hydrogen) atoms. The number of imidazole rings is 1. The molecule has 3 fully saturated rings. The van der Waals surface area contributed by atoms with E-state index in [4.69, 9.17) is 0 Å². The molecule has 1 aliphatic heterocycles. The molecule has 0 aromatic carbocycles. The molecule has 6 nitrogen and oxygen atoms in total. The van der Waals surface area contributed by atoms with Crippen LogP contribution in [0.5, 0.6) is 0 Å². The normalized spacial score (nSPS) is 40.8. The third-order valence-corrected chi connectivity index (χ3v) is 10.9. The van der Waals surface area contributed by atoms with Crippen LogP contribution < -0.4 is 0 Å². The summed E-state index contributed by atoms with van der Waals surface area (Å²) in [7, 11) is -3.13. The summed E-state index contributed by atoms with van der Waals surface area (Å²) in [6.07, 6.45) is 15.0. The number of nitrogens with zero attached hydrogens (tertiary/aromatic N) is 4. The third-order valence-electron chi connectivity index (χ3n) is 9.63. The largest absolute Gasteiger partial charge is 0.294 e. The molecule has 0 spiro atoms. The van der Waals surface area contributed by atoms with E-state index in [1.807, 2.05) is 4.57 Å². The quantitative estimate of drug-likeness (QED) is 0.690. The standard InChI is InChI=1S/C24H34N4O2S/c1-23-10-4-12-27(31(3,29)30)15-17(23)5-6-19-20-7-8-22(24(20,2)11-9-21(19)23)28-16-26-14-18(28)13-25/h8,14,16-17,19-21H,4-7,9-12,15H2,1-3H3/t17?,19?,20?,21?,23-,24-/m0/s1. The van der Waals surface area contributed by atoms with Crippen LogP contribution in [0.4, 0.5) is 0 Å². The van der Waals surface area contributed by atoms with E-state index < -0.39 is 10.0 Å². The van der Waals surface area contributed by atoms with Gasteiger partial charge in [-0.2, -0.15) is 5.26 Å². The predicted octanol–water partition coefficient (Wildman–Crippen LogP) is 4.12. The Morgan fingerprint density at radius 2 is 2.00 bits per heavy atom. The number of hydrogen-bond donors (Lipinski definition) is 0. The van der Waals surface area contributed by atoms with E-state index >= 15 is 0 Å². The van der Waals surface area contributed by atoms with E-state index in [2.05, 4.69) is 31.0 Å². The minimum Gasteiger partial charge on any atom is -0.294 e. The average Bonchev–Trinajstić information content (AvgIpc) is 3.26. The molecule has 4 unspecified atom stereocenters. The van der Waals surface area contributed by atoms with Gasteiger partial charge >= 0.3 is 0 Å². The van der Waals surface area contributed by atoms with Gasteiger partial charge in [0.15, 0.2) is 0 Å². The Bertz CT molecular complexity index is 1050. The molecule has 168 valence electrons. The van der Waals surface area contributed by atoms with Crippen LogP contribution in [0.15, 0.2) is 18.6 Å². The molecule has 0 N–H and O–H groups in total. The maximum atomic E-state index is 12.3. The molecule has 1 aromatic heterocycles. The molecule has 4 aliphatic rings. The van der Waals surface area contributed by atoms with Gasteiger partial charge in [0.1, 0.15) is 11.8 Å². The molecule has 2 heterocycles. The Kier molecular flexibility index (Phi) is 4.91. The highest BCUT2D eigenvalue weighted by Crippen LogP contribution is 2.66. The highest BCUT2D eigenvalue weighted by Gasteiger charge is 2.58. The number of rotatable bonds is 2. The maximum absolute atomic E-state index is 12.3. The van der Waals surface area contributed by atoms with Gasteiger partial charge in [-0.3, -0.25) is 4.57 Å². The lowest BCUT2D eigenvalue weighted by molar-refractivity contribution is -0.0802. The van der Waals surface area contributed by atoms with E-state index in [9.17, 15) is 13.7 Å². The first-order valence-electron chi connectivity index (χ1n) is 11.8. The predicted molar refractivity (Wildman–Crippen MR) is 120 cm³/mol. The maximum Gasteiger partial charge on any atom is 0.211 e. The highest BCUT2D eigenvalue weighted by molar-refractivity contribution is 7.88. The van der Waals surface area contributed by atoms with Crippen molar-refractivity contribution < 1.29 is 8.42 Å². The van der Waals surface area contributed by atoms with Crippen molar-refractivity contribution in [1.82, 2.24) is 13.9 Å². The second-order valence-corrected chi connectivity index (χ2v) is 12.9. The van der Waals surface area contributed by atoms with Crippen LogP contribution in [0, 0.1) is 45.8 Å². The van der Waals surface area contributed by atoms with Crippen LogP contribution >= 0.6 is 0 Å². The van der Waals surface area contributed by atoms with Crippen LogP contribution in [0.1, 0.15) is 64.5 Å². The first-order valence-corrected chi connectivity index (χ1v) is 13.6. The van der Waals surface area contributed by atoms with E-state index in [-0.39, 0.29) is 10.8 Å². The number of nitriles is 1. The van der Waals surface area contributed by atoms with Gasteiger partial charge in [0.05, 0.1) is 18.8 Å². The summed E-state index contributed by atoms with van der Waals surface area (Å²) in [4.78, 5) is 4.24. The molecule has 5 rings (SSSR count). The van der Waals surface area contributed by atoms with Crippen LogP contribution in [0.2, 0.25) is 0 Å². The summed E-state index contributed by atoms with van der Waals surface area (Å²) >= 11 is 0. The zero-order valence-corrected chi connectivity index (χ0v) is 19.7. The molecule has 6 atom stereocenters. The minimum atomic E-state index is -3.13. The summed E-state index contributed by atoms with van der Waals surface area (Å²) in [6.45, 7) is 6.24. The van der Waals surface area contributed by atoms with Crippen molar-refractivity contribution >= 4 is 15.7 Å². The van der Waals surface area contributed by atoms with Gasteiger partial charge in [-0.05, 0) is 74.0 Å². The smallest absolute Gasteiger partial charge is 0.211 e. The Morgan fingerprint density at radius 3 is 2.74 bits per heavy atom. The molecule has 7 heteroatoms. The summed E-state index contributed by atoms with van der Waals surface area (Å²) in [6, 6.07) is 2.29. The van der Waals surface area contributed by atoms with Crippen LogP contribution in [0.3, 0.4) is 0 Å². The molecule has 2 saturated carbocycles. The van der Waals surface area contributed by atoms with Gasteiger partial charge < -0.3 is 0 Å². The molecule has 3 aliphatic carbocycles. The second kappa shape index (κ2) is 7.18. The zero-order chi connectivity index (χ0) is 22.0. The van der Waals surface area contributed by atoms with E-state index in [1.165, 1.54) is 24.8 Å². The van der Waals surface area contributed by atoms with Gasteiger partial charge in [0.25, 0.3) is 0 Å². The van der Waals surface area contributed by atoms with Gasteiger partial charge in [-0.25, -0.2) is 17.7 Å². The second-order valence-electron chi connectivity index (χ2n) is 10.9. The SMILES string of the molecule is C[C@]12CCCN(S(C)(=O)=O)CC1CCC1C2CC[C@]2(C)C(n3cncc3C#N)=CCC12. The van der Waals surface area contributed by atoms with Gasteiger partial charge in [-0.15, -0.1) is 0 Å². The first kappa shape index (κ1) is 21.2. The number of allylic oxidation sites excluding steroid dienone is 2. The van der Waals surface area contributed by atoms with Crippen molar-refractivity contribution in [2.75, 3.05) is 19.3 Å². The van der Waals surface area contributed by atoms with E-state index in [0.29, 0.717) is 42.5 Å². The Labute approximate surface area is 186 Å². The number of aromatic nitrogens is 2. The summed E-state index contributed by atoms with van der Waals surface area (Å²) in [5, 5.41) is 9.52. The summed E-state index contributed by atoms with van der Waals surface area (Å²) in [5.41, 5.74) is 2.19. The fourth-order valence-corrected chi connectivity index (χ4v) is 8.90. The van der Waals surface area contributed by atoms with Crippen LogP contribution in [-0.4, -0.2) is 41.6 Å². The highest BCUT2D eigenvalue weighted by atomic mass is 32.2. The van der Waals surface area contributed by atoms with Gasteiger partial charge in [-0.1, -0.05) is 19.9 Å². The third kappa shape index (κ3) is 3.13. The van der Waals surface area contributed by atoms with Gasteiger partial charge in [0, 0.05) is 24.2 Å². The van der Waals surface area contributed by atoms with E-state index in [0.717, 1.165) is 32.1 Å². The van der Waals surface area contributed by atoms with Crippen molar-refractivity contribution in [3.05, 3.63) is 24.3 Å². The topological polar surface area (TPSA) is 79.0 Å². The zero-order valence-electron chi connectivity index (χ0n) is 18.9. The lowest BCUT2D eigenvalue weighted by Gasteiger charge is -2.58. The summed E-state index contributed by atoms with van der Waals surface area (Å²) in [5.74, 6) is 2.40. The molecular formula is C24H34N4O2S. The number of hydrogen-bond acceptors (Lipinski definition) is 4. The number of sulfonamides is 1. The Morgan fingerprint density at radius 1 is 1.19 bits per heavy atom. The van der Waals surface area contributed by atoms with Gasteiger partial charge in [0.2, 0.25) is 10.0 Å².